The van der Waals surface area contributed by atoms with Crippen molar-refractivity contribution in [3.63, 3.8) is 0 Å². The Morgan fingerprint density at radius 1 is 1.15 bits per heavy atom. The number of halogens is 2. The second-order valence-electron chi connectivity index (χ2n) is 6.14. The quantitative estimate of drug-likeness (QED) is 0.909. The SMILES string of the molecule is O=C(Cc1ccc(Cl)c(Cl)c1)CC1CC2CCC(C1)N2. The van der Waals surface area contributed by atoms with Crippen molar-refractivity contribution in [3.05, 3.63) is 33.8 Å². The monoisotopic (exact) mass is 311 g/mol. The number of hydrogen-bond acceptors (Lipinski definition) is 2. The number of carbonyl (C=O) groups excluding carboxylic acids is 1. The van der Waals surface area contributed by atoms with Gasteiger partial charge in [-0.2, -0.15) is 0 Å². The molecule has 0 amide bonds. The zero-order valence-electron chi connectivity index (χ0n) is 11.4. The van der Waals surface area contributed by atoms with Crippen LogP contribution in [-0.2, 0) is 11.2 Å². The predicted molar refractivity (Wildman–Crippen MR) is 82.5 cm³/mol. The molecule has 2 saturated heterocycles. The molecule has 3 rings (SSSR count). The lowest BCUT2D eigenvalue weighted by Gasteiger charge is -2.28. The summed E-state index contributed by atoms with van der Waals surface area (Å²) < 4.78 is 0. The number of fused-ring (bicyclic) bond motifs is 2. The van der Waals surface area contributed by atoms with E-state index in [1.807, 2.05) is 6.07 Å². The van der Waals surface area contributed by atoms with Crippen molar-refractivity contribution in [2.24, 2.45) is 5.92 Å². The summed E-state index contributed by atoms with van der Waals surface area (Å²) in [5, 5.41) is 4.68. The fourth-order valence-corrected chi connectivity index (χ4v) is 3.93. The van der Waals surface area contributed by atoms with Gasteiger partial charge >= 0.3 is 0 Å². The lowest BCUT2D eigenvalue weighted by atomic mass is 9.87. The van der Waals surface area contributed by atoms with E-state index in [-0.39, 0.29) is 0 Å². The highest BCUT2D eigenvalue weighted by molar-refractivity contribution is 6.42. The van der Waals surface area contributed by atoms with Crippen molar-refractivity contribution in [2.75, 3.05) is 0 Å². The first-order chi connectivity index (χ1) is 9.60. The van der Waals surface area contributed by atoms with Crippen molar-refractivity contribution in [1.82, 2.24) is 5.32 Å². The minimum Gasteiger partial charge on any atom is -0.311 e. The molecule has 2 fully saturated rings. The van der Waals surface area contributed by atoms with Gasteiger partial charge < -0.3 is 5.32 Å². The highest BCUT2D eigenvalue weighted by atomic mass is 35.5. The number of ketones is 1. The van der Waals surface area contributed by atoms with E-state index in [1.54, 1.807) is 12.1 Å². The summed E-state index contributed by atoms with van der Waals surface area (Å²) in [6.45, 7) is 0. The second kappa shape index (κ2) is 6.05. The molecular weight excluding hydrogens is 293 g/mol. The van der Waals surface area contributed by atoms with E-state index in [1.165, 1.54) is 12.8 Å². The molecule has 1 aromatic rings. The van der Waals surface area contributed by atoms with E-state index in [0.717, 1.165) is 18.4 Å². The Labute approximate surface area is 129 Å². The van der Waals surface area contributed by atoms with Crippen LogP contribution in [0.3, 0.4) is 0 Å². The van der Waals surface area contributed by atoms with Gasteiger partial charge in [-0.3, -0.25) is 4.79 Å². The van der Waals surface area contributed by atoms with Gasteiger partial charge in [-0.25, -0.2) is 0 Å². The Balaban J connectivity index is 1.55. The van der Waals surface area contributed by atoms with Crippen LogP contribution in [0, 0.1) is 5.92 Å². The molecular formula is C16H19Cl2NO. The maximum Gasteiger partial charge on any atom is 0.137 e. The molecule has 2 aliphatic heterocycles. The first-order valence-electron chi connectivity index (χ1n) is 7.32. The summed E-state index contributed by atoms with van der Waals surface area (Å²) in [4.78, 5) is 12.2. The zero-order chi connectivity index (χ0) is 14.1. The van der Waals surface area contributed by atoms with Gasteiger partial charge in [-0.05, 0) is 49.3 Å². The van der Waals surface area contributed by atoms with Crippen LogP contribution in [0.2, 0.25) is 10.0 Å². The molecule has 0 radical (unpaired) electrons. The molecule has 2 atom stereocenters. The van der Waals surface area contributed by atoms with Crippen molar-refractivity contribution in [2.45, 2.75) is 50.6 Å². The van der Waals surface area contributed by atoms with Crippen LogP contribution in [0.15, 0.2) is 18.2 Å². The van der Waals surface area contributed by atoms with Crippen LogP contribution in [0.5, 0.6) is 0 Å². The maximum absolute atomic E-state index is 12.2. The minimum atomic E-state index is 0.315. The first-order valence-corrected chi connectivity index (χ1v) is 8.07. The number of hydrogen-bond donors (Lipinski definition) is 1. The lowest BCUT2D eigenvalue weighted by Crippen LogP contribution is -2.38. The number of Topliss-reactive ketones (excluding diaryl/α,β-unsaturated/α-hetero) is 1. The van der Waals surface area contributed by atoms with E-state index in [9.17, 15) is 4.79 Å². The predicted octanol–water partition coefficient (Wildman–Crippen LogP) is 4.03. The largest absolute Gasteiger partial charge is 0.311 e. The topological polar surface area (TPSA) is 29.1 Å². The molecule has 2 nitrogen and oxygen atoms in total. The van der Waals surface area contributed by atoms with E-state index in [2.05, 4.69) is 5.32 Å². The van der Waals surface area contributed by atoms with Crippen LogP contribution in [-0.4, -0.2) is 17.9 Å². The normalized spacial score (nSPS) is 28.6. The average molecular weight is 312 g/mol. The molecule has 2 heterocycles. The number of carbonyl (C=O) groups is 1. The highest BCUT2D eigenvalue weighted by Crippen LogP contribution is 2.33. The summed E-state index contributed by atoms with van der Waals surface area (Å²) >= 11 is 11.9. The number of benzene rings is 1. The Kier molecular flexibility index (Phi) is 4.34. The molecule has 20 heavy (non-hydrogen) atoms. The Morgan fingerprint density at radius 2 is 1.85 bits per heavy atom. The third-order valence-corrected chi connectivity index (χ3v) is 5.21. The third-order valence-electron chi connectivity index (χ3n) is 4.47. The van der Waals surface area contributed by atoms with Gasteiger partial charge in [-0.1, -0.05) is 29.3 Å². The maximum atomic E-state index is 12.2. The fraction of sp³-hybridized carbons (Fsp3) is 0.562. The second-order valence-corrected chi connectivity index (χ2v) is 6.96. The standard InChI is InChI=1S/C16H19Cl2NO/c17-15-4-1-10(9-16(15)18)7-14(20)8-11-5-12-2-3-13(6-11)19-12/h1,4,9,11-13,19H,2-3,5-8H2. The average Bonchev–Trinajstić information content (AvgIpc) is 2.73. The molecule has 2 unspecified atom stereocenters. The van der Waals surface area contributed by atoms with Crippen molar-refractivity contribution in [3.8, 4) is 0 Å². The van der Waals surface area contributed by atoms with Crippen LogP contribution < -0.4 is 5.32 Å². The molecule has 0 spiro atoms. The molecule has 0 aliphatic carbocycles. The Morgan fingerprint density at radius 3 is 2.50 bits per heavy atom. The number of rotatable bonds is 4. The van der Waals surface area contributed by atoms with Crippen LogP contribution in [0.25, 0.3) is 0 Å². The molecule has 2 aliphatic rings. The molecule has 1 N–H and O–H groups in total. The molecule has 0 aromatic heterocycles. The summed E-state index contributed by atoms with van der Waals surface area (Å²) in [5.74, 6) is 0.874. The van der Waals surface area contributed by atoms with E-state index >= 15 is 0 Å². The van der Waals surface area contributed by atoms with Gasteiger partial charge in [0, 0.05) is 24.9 Å². The molecule has 2 bridgehead atoms. The van der Waals surface area contributed by atoms with Crippen molar-refractivity contribution < 1.29 is 4.79 Å². The van der Waals surface area contributed by atoms with Gasteiger partial charge in [0.05, 0.1) is 10.0 Å². The number of nitrogens with one attached hydrogen (secondary N) is 1. The molecule has 0 saturated carbocycles. The highest BCUT2D eigenvalue weighted by Gasteiger charge is 2.33. The minimum absolute atomic E-state index is 0.315. The van der Waals surface area contributed by atoms with Crippen LogP contribution >= 0.6 is 23.2 Å². The van der Waals surface area contributed by atoms with Gasteiger partial charge in [-0.15, -0.1) is 0 Å². The van der Waals surface area contributed by atoms with Crippen LogP contribution in [0.1, 0.15) is 37.7 Å². The van der Waals surface area contributed by atoms with Crippen molar-refractivity contribution >= 4 is 29.0 Å². The fourth-order valence-electron chi connectivity index (χ4n) is 3.61. The summed E-state index contributed by atoms with van der Waals surface area (Å²) in [7, 11) is 0. The third kappa shape index (κ3) is 3.36. The first kappa shape index (κ1) is 14.4. The van der Waals surface area contributed by atoms with Crippen molar-refractivity contribution in [1.29, 1.82) is 0 Å². The summed E-state index contributed by atoms with van der Waals surface area (Å²) in [6, 6.07) is 6.75. The Bertz CT molecular complexity index is 505. The van der Waals surface area contributed by atoms with Gasteiger partial charge in [0.15, 0.2) is 0 Å². The van der Waals surface area contributed by atoms with Gasteiger partial charge in [0.25, 0.3) is 0 Å². The molecule has 4 heteroatoms. The van der Waals surface area contributed by atoms with E-state index < -0.39 is 0 Å². The van der Waals surface area contributed by atoms with Gasteiger partial charge in [0.1, 0.15) is 5.78 Å². The summed E-state index contributed by atoms with van der Waals surface area (Å²) in [5.41, 5.74) is 0.960. The van der Waals surface area contributed by atoms with Gasteiger partial charge in [0.2, 0.25) is 0 Å². The Hall–Kier alpha value is -0.570. The smallest absolute Gasteiger partial charge is 0.137 e. The zero-order valence-corrected chi connectivity index (χ0v) is 12.9. The van der Waals surface area contributed by atoms with Crippen LogP contribution in [0.4, 0.5) is 0 Å². The summed E-state index contributed by atoms with van der Waals surface area (Å²) in [6.07, 6.45) is 6.04. The van der Waals surface area contributed by atoms with E-state index in [4.69, 9.17) is 23.2 Å². The molecule has 108 valence electrons. The molecule has 1 aromatic carbocycles. The number of piperidine rings is 1. The van der Waals surface area contributed by atoms with E-state index in [0.29, 0.717) is 46.7 Å². The lowest BCUT2D eigenvalue weighted by molar-refractivity contribution is -0.119.